The number of allylic oxidation sites excluding steroid dienone is 1. The lowest BCUT2D eigenvalue weighted by Gasteiger charge is -2.06. The van der Waals surface area contributed by atoms with Crippen LogP contribution in [0.25, 0.3) is 6.08 Å². The van der Waals surface area contributed by atoms with Gasteiger partial charge in [0.2, 0.25) is 5.78 Å². The molecule has 0 radical (unpaired) electrons. The minimum atomic E-state index is -0.441. The summed E-state index contributed by atoms with van der Waals surface area (Å²) in [7, 11) is 0. The highest BCUT2D eigenvalue weighted by atomic mass is 32.1. The molecule has 0 atom stereocenters. The van der Waals surface area contributed by atoms with E-state index in [2.05, 4.69) is 0 Å². The number of ether oxygens (including phenoxy) is 3. The van der Waals surface area contributed by atoms with Gasteiger partial charge in [0.1, 0.15) is 11.5 Å². The molecule has 5 nitrogen and oxygen atoms in total. The molecule has 0 saturated carbocycles. The Kier molecular flexibility index (Phi) is 4.43. The standard InChI is InChI=1S/C17H14O5S/c1-2-20-16(18)10-21-11-5-6-13-14(8-11)22-15(17(13)19)9-12-4-3-7-23-12/h3-9H,2,10H2,1H3/b15-9-. The molecule has 0 unspecified atom stereocenters. The summed E-state index contributed by atoms with van der Waals surface area (Å²) in [5.41, 5.74) is 0.483. The van der Waals surface area contributed by atoms with Crippen LogP contribution in [0, 0.1) is 0 Å². The van der Waals surface area contributed by atoms with Crippen molar-refractivity contribution in [3.63, 3.8) is 0 Å². The molecular weight excluding hydrogens is 316 g/mol. The number of carbonyl (C=O) groups excluding carboxylic acids is 2. The van der Waals surface area contributed by atoms with Gasteiger partial charge in [0.25, 0.3) is 0 Å². The van der Waals surface area contributed by atoms with E-state index in [0.717, 1.165) is 4.88 Å². The summed E-state index contributed by atoms with van der Waals surface area (Å²) in [5.74, 6) is 0.555. The maximum Gasteiger partial charge on any atom is 0.344 e. The third-order valence-corrected chi connectivity index (χ3v) is 3.94. The van der Waals surface area contributed by atoms with Crippen molar-refractivity contribution in [1.82, 2.24) is 0 Å². The Balaban J connectivity index is 1.74. The highest BCUT2D eigenvalue weighted by Crippen LogP contribution is 2.35. The van der Waals surface area contributed by atoms with E-state index in [1.165, 1.54) is 11.3 Å². The summed E-state index contributed by atoms with van der Waals surface area (Å²) < 4.78 is 15.7. The number of hydrogen-bond donors (Lipinski definition) is 0. The lowest BCUT2D eigenvalue weighted by atomic mass is 10.1. The number of esters is 1. The molecule has 1 aliphatic rings. The van der Waals surface area contributed by atoms with E-state index in [1.807, 2.05) is 17.5 Å². The van der Waals surface area contributed by atoms with Crippen molar-refractivity contribution in [1.29, 1.82) is 0 Å². The van der Waals surface area contributed by atoms with Gasteiger partial charge in [0.15, 0.2) is 12.4 Å². The van der Waals surface area contributed by atoms with E-state index in [-0.39, 0.29) is 18.1 Å². The molecule has 2 heterocycles. The van der Waals surface area contributed by atoms with Gasteiger partial charge in [-0.3, -0.25) is 4.79 Å². The number of fused-ring (bicyclic) bond motifs is 1. The fourth-order valence-corrected chi connectivity index (χ4v) is 2.75. The van der Waals surface area contributed by atoms with Crippen LogP contribution in [-0.4, -0.2) is 25.0 Å². The van der Waals surface area contributed by atoms with E-state index < -0.39 is 5.97 Å². The van der Waals surface area contributed by atoms with Crippen LogP contribution in [-0.2, 0) is 9.53 Å². The van der Waals surface area contributed by atoms with Gasteiger partial charge in [-0.1, -0.05) is 6.07 Å². The molecule has 1 aromatic heterocycles. The van der Waals surface area contributed by atoms with E-state index in [1.54, 1.807) is 31.2 Å². The monoisotopic (exact) mass is 330 g/mol. The molecule has 1 aromatic carbocycles. The van der Waals surface area contributed by atoms with Gasteiger partial charge in [-0.05, 0) is 30.5 Å². The molecule has 0 saturated heterocycles. The predicted octanol–water partition coefficient (Wildman–Crippen LogP) is 3.31. The molecule has 2 aromatic rings. The number of benzene rings is 1. The number of carbonyl (C=O) groups is 2. The van der Waals surface area contributed by atoms with Crippen LogP contribution in [0.4, 0.5) is 0 Å². The highest BCUT2D eigenvalue weighted by molar-refractivity contribution is 7.10. The number of thiophene rings is 1. The quantitative estimate of drug-likeness (QED) is 0.622. The van der Waals surface area contributed by atoms with E-state index in [4.69, 9.17) is 14.2 Å². The lowest BCUT2D eigenvalue weighted by Crippen LogP contribution is -2.14. The van der Waals surface area contributed by atoms with Crippen LogP contribution >= 0.6 is 11.3 Å². The average molecular weight is 330 g/mol. The first-order chi connectivity index (χ1) is 11.2. The van der Waals surface area contributed by atoms with Gasteiger partial charge < -0.3 is 14.2 Å². The Labute approximate surface area is 137 Å². The van der Waals surface area contributed by atoms with Crippen molar-refractivity contribution >= 4 is 29.2 Å². The van der Waals surface area contributed by atoms with Crippen molar-refractivity contribution in [3.05, 3.63) is 51.9 Å². The summed E-state index contributed by atoms with van der Waals surface area (Å²) in [5, 5.41) is 1.93. The van der Waals surface area contributed by atoms with Gasteiger partial charge in [-0.2, -0.15) is 0 Å². The minimum Gasteiger partial charge on any atom is -0.482 e. The van der Waals surface area contributed by atoms with Gasteiger partial charge >= 0.3 is 5.97 Å². The molecule has 3 rings (SSSR count). The number of ketones is 1. The van der Waals surface area contributed by atoms with Crippen LogP contribution in [0.3, 0.4) is 0 Å². The largest absolute Gasteiger partial charge is 0.482 e. The van der Waals surface area contributed by atoms with Crippen molar-refractivity contribution in [2.24, 2.45) is 0 Å². The lowest BCUT2D eigenvalue weighted by molar-refractivity contribution is -0.145. The zero-order chi connectivity index (χ0) is 16.2. The van der Waals surface area contributed by atoms with Crippen LogP contribution < -0.4 is 9.47 Å². The van der Waals surface area contributed by atoms with E-state index in [9.17, 15) is 9.59 Å². The summed E-state index contributed by atoms with van der Waals surface area (Å²) in [4.78, 5) is 24.5. The first-order valence-corrected chi connectivity index (χ1v) is 7.95. The second kappa shape index (κ2) is 6.66. The maximum atomic E-state index is 12.3. The summed E-state index contributed by atoms with van der Waals surface area (Å²) >= 11 is 1.52. The zero-order valence-corrected chi connectivity index (χ0v) is 13.2. The van der Waals surface area contributed by atoms with E-state index >= 15 is 0 Å². The molecule has 0 aliphatic carbocycles. The van der Waals surface area contributed by atoms with Crippen molar-refractivity contribution < 1.29 is 23.8 Å². The Morgan fingerprint density at radius 1 is 1.35 bits per heavy atom. The van der Waals surface area contributed by atoms with Gasteiger partial charge in [0, 0.05) is 17.0 Å². The molecule has 0 spiro atoms. The third kappa shape index (κ3) is 3.43. The SMILES string of the molecule is CCOC(=O)COc1ccc2c(c1)O/C(=C\c1cccs1)C2=O. The van der Waals surface area contributed by atoms with Gasteiger partial charge in [0.05, 0.1) is 12.2 Å². The van der Waals surface area contributed by atoms with Crippen LogP contribution in [0.1, 0.15) is 22.2 Å². The average Bonchev–Trinajstić information content (AvgIpc) is 3.15. The Hall–Kier alpha value is -2.60. The molecular formula is C17H14O5S. The Bertz CT molecular complexity index is 761. The third-order valence-electron chi connectivity index (χ3n) is 3.12. The predicted molar refractivity (Wildman–Crippen MR) is 85.8 cm³/mol. The minimum absolute atomic E-state index is 0.162. The smallest absolute Gasteiger partial charge is 0.344 e. The molecule has 0 amide bonds. The first-order valence-electron chi connectivity index (χ1n) is 7.07. The summed E-state index contributed by atoms with van der Waals surface area (Å²) in [6.45, 7) is 1.85. The second-order valence-corrected chi connectivity index (χ2v) is 5.69. The van der Waals surface area contributed by atoms with E-state index in [0.29, 0.717) is 23.7 Å². The van der Waals surface area contributed by atoms with Crippen molar-refractivity contribution in [3.8, 4) is 11.5 Å². The fourth-order valence-electron chi connectivity index (χ4n) is 2.10. The maximum absolute atomic E-state index is 12.3. The van der Waals surface area contributed by atoms with Crippen molar-refractivity contribution in [2.45, 2.75) is 6.92 Å². The zero-order valence-electron chi connectivity index (χ0n) is 12.4. The van der Waals surface area contributed by atoms with Gasteiger partial charge in [-0.15, -0.1) is 11.3 Å². The summed E-state index contributed by atoms with van der Waals surface area (Å²) in [6.07, 6.45) is 1.71. The first kappa shape index (κ1) is 15.3. The molecule has 0 fully saturated rings. The number of hydrogen-bond acceptors (Lipinski definition) is 6. The molecule has 0 bridgehead atoms. The molecule has 6 heteroatoms. The Morgan fingerprint density at radius 2 is 2.22 bits per heavy atom. The van der Waals surface area contributed by atoms with Crippen LogP contribution in [0.2, 0.25) is 0 Å². The number of rotatable bonds is 5. The molecule has 118 valence electrons. The Morgan fingerprint density at radius 3 is 2.96 bits per heavy atom. The van der Waals surface area contributed by atoms with Crippen molar-refractivity contribution in [2.75, 3.05) is 13.2 Å². The fraction of sp³-hybridized carbons (Fsp3) is 0.176. The molecule has 0 N–H and O–H groups in total. The normalized spacial score (nSPS) is 14.5. The van der Waals surface area contributed by atoms with Crippen LogP contribution in [0.15, 0.2) is 41.5 Å². The number of Topliss-reactive ketones (excluding diaryl/α,β-unsaturated/α-hetero) is 1. The summed E-state index contributed by atoms with van der Waals surface area (Å²) in [6, 6.07) is 8.68. The highest BCUT2D eigenvalue weighted by Gasteiger charge is 2.27. The van der Waals surface area contributed by atoms with Crippen LogP contribution in [0.5, 0.6) is 11.5 Å². The topological polar surface area (TPSA) is 61.8 Å². The van der Waals surface area contributed by atoms with Gasteiger partial charge in [-0.25, -0.2) is 4.79 Å². The molecule has 23 heavy (non-hydrogen) atoms. The second-order valence-electron chi connectivity index (χ2n) is 4.71. The molecule has 1 aliphatic heterocycles.